The van der Waals surface area contributed by atoms with Crippen LogP contribution in [0.1, 0.15) is 37.0 Å². The summed E-state index contributed by atoms with van der Waals surface area (Å²) in [5.74, 6) is 1.56. The Labute approximate surface area is 139 Å². The summed E-state index contributed by atoms with van der Waals surface area (Å²) >= 11 is 0. The largest absolute Gasteiger partial charge is 0.490 e. The standard InChI is InChI=1S/C20H25NO2/c1-5-11-23-19-10-8-17(13-20(19)22-6-2)14-21-18-9-7-15(3)12-16(18)4/h7-10,12-14H,5-6,11H2,1-4H3. The topological polar surface area (TPSA) is 30.8 Å². The molecule has 23 heavy (non-hydrogen) atoms. The van der Waals surface area contributed by atoms with Crippen molar-refractivity contribution in [2.45, 2.75) is 34.1 Å². The van der Waals surface area contributed by atoms with Gasteiger partial charge >= 0.3 is 0 Å². The molecule has 0 aliphatic rings. The first-order valence-electron chi connectivity index (χ1n) is 8.15. The molecule has 0 saturated carbocycles. The molecule has 2 aromatic rings. The quantitative estimate of drug-likeness (QED) is 0.655. The Bertz CT molecular complexity index is 677. The van der Waals surface area contributed by atoms with Gasteiger partial charge in [-0.25, -0.2) is 0 Å². The summed E-state index contributed by atoms with van der Waals surface area (Å²) in [6.45, 7) is 9.53. The maximum absolute atomic E-state index is 5.72. The van der Waals surface area contributed by atoms with E-state index in [-0.39, 0.29) is 0 Å². The molecule has 0 radical (unpaired) electrons. The van der Waals surface area contributed by atoms with Gasteiger partial charge in [-0.15, -0.1) is 0 Å². The number of rotatable bonds is 7. The lowest BCUT2D eigenvalue weighted by Gasteiger charge is -2.11. The highest BCUT2D eigenvalue weighted by molar-refractivity contribution is 5.83. The highest BCUT2D eigenvalue weighted by Crippen LogP contribution is 2.28. The van der Waals surface area contributed by atoms with Crippen LogP contribution in [-0.4, -0.2) is 19.4 Å². The van der Waals surface area contributed by atoms with Gasteiger partial charge in [0.1, 0.15) is 0 Å². The molecule has 0 bridgehead atoms. The van der Waals surface area contributed by atoms with Gasteiger partial charge in [-0.3, -0.25) is 4.99 Å². The molecule has 0 heterocycles. The molecule has 0 amide bonds. The van der Waals surface area contributed by atoms with Gasteiger partial charge < -0.3 is 9.47 Å². The molecule has 0 aliphatic heterocycles. The molecule has 0 aromatic heterocycles. The number of aryl methyl sites for hydroxylation is 2. The lowest BCUT2D eigenvalue weighted by molar-refractivity contribution is 0.277. The monoisotopic (exact) mass is 311 g/mol. The van der Waals surface area contributed by atoms with E-state index in [0.717, 1.165) is 29.2 Å². The molecule has 2 aromatic carbocycles. The molecule has 0 unspecified atom stereocenters. The first-order chi connectivity index (χ1) is 11.1. The van der Waals surface area contributed by atoms with E-state index >= 15 is 0 Å². The molecule has 122 valence electrons. The van der Waals surface area contributed by atoms with Crippen LogP contribution in [0.3, 0.4) is 0 Å². The summed E-state index contributed by atoms with van der Waals surface area (Å²) in [6, 6.07) is 12.2. The Hall–Kier alpha value is -2.29. The second-order valence-corrected chi connectivity index (χ2v) is 5.54. The van der Waals surface area contributed by atoms with Gasteiger partial charge in [-0.1, -0.05) is 24.6 Å². The van der Waals surface area contributed by atoms with E-state index in [0.29, 0.717) is 13.2 Å². The van der Waals surface area contributed by atoms with E-state index in [4.69, 9.17) is 9.47 Å². The normalized spacial score (nSPS) is 11.0. The fraction of sp³-hybridized carbons (Fsp3) is 0.350. The van der Waals surface area contributed by atoms with E-state index in [1.807, 2.05) is 37.4 Å². The zero-order valence-corrected chi connectivity index (χ0v) is 14.4. The predicted molar refractivity (Wildman–Crippen MR) is 96.6 cm³/mol. The molecular formula is C20H25NO2. The molecule has 0 spiro atoms. The van der Waals surface area contributed by atoms with Crippen LogP contribution in [0.15, 0.2) is 41.4 Å². The summed E-state index contributed by atoms with van der Waals surface area (Å²) < 4.78 is 11.4. The maximum Gasteiger partial charge on any atom is 0.161 e. The van der Waals surface area contributed by atoms with Crippen LogP contribution in [-0.2, 0) is 0 Å². The van der Waals surface area contributed by atoms with Crippen LogP contribution >= 0.6 is 0 Å². The number of aliphatic imine (C=N–C) groups is 1. The van der Waals surface area contributed by atoms with Crippen molar-refractivity contribution >= 4 is 11.9 Å². The molecular weight excluding hydrogens is 286 g/mol. The van der Waals surface area contributed by atoms with E-state index in [9.17, 15) is 0 Å². The average Bonchev–Trinajstić information content (AvgIpc) is 2.53. The Morgan fingerprint density at radius 1 is 0.957 bits per heavy atom. The van der Waals surface area contributed by atoms with Crippen LogP contribution in [0.25, 0.3) is 0 Å². The molecule has 0 saturated heterocycles. The molecule has 3 nitrogen and oxygen atoms in total. The van der Waals surface area contributed by atoms with E-state index < -0.39 is 0 Å². The van der Waals surface area contributed by atoms with Gasteiger partial charge in [0.15, 0.2) is 11.5 Å². The van der Waals surface area contributed by atoms with Crippen LogP contribution in [0.5, 0.6) is 11.5 Å². The number of hydrogen-bond donors (Lipinski definition) is 0. The second-order valence-electron chi connectivity index (χ2n) is 5.54. The third kappa shape index (κ3) is 4.85. The second kappa shape index (κ2) is 8.37. The smallest absolute Gasteiger partial charge is 0.161 e. The predicted octanol–water partition coefficient (Wildman–Crippen LogP) is 5.24. The number of nitrogens with zero attached hydrogens (tertiary/aromatic N) is 1. The van der Waals surface area contributed by atoms with Crippen molar-refractivity contribution in [1.82, 2.24) is 0 Å². The number of hydrogen-bond acceptors (Lipinski definition) is 3. The lowest BCUT2D eigenvalue weighted by atomic mass is 10.1. The maximum atomic E-state index is 5.72. The zero-order chi connectivity index (χ0) is 16.7. The Balaban J connectivity index is 2.22. The van der Waals surface area contributed by atoms with E-state index in [2.05, 4.69) is 37.9 Å². The van der Waals surface area contributed by atoms with E-state index in [1.54, 1.807) is 0 Å². The van der Waals surface area contributed by atoms with Gasteiger partial charge in [-0.05, 0) is 62.6 Å². The van der Waals surface area contributed by atoms with Crippen LogP contribution in [0.2, 0.25) is 0 Å². The molecule has 0 fully saturated rings. The van der Waals surface area contributed by atoms with Crippen LogP contribution in [0.4, 0.5) is 5.69 Å². The molecule has 2 rings (SSSR count). The van der Waals surface area contributed by atoms with Crippen LogP contribution < -0.4 is 9.47 Å². The minimum atomic E-state index is 0.611. The summed E-state index contributed by atoms with van der Waals surface area (Å²) in [6.07, 6.45) is 2.84. The summed E-state index contributed by atoms with van der Waals surface area (Å²) in [5, 5.41) is 0. The summed E-state index contributed by atoms with van der Waals surface area (Å²) in [5.41, 5.74) is 4.41. The zero-order valence-electron chi connectivity index (χ0n) is 14.4. The molecule has 0 N–H and O–H groups in total. The highest BCUT2D eigenvalue weighted by Gasteiger charge is 2.05. The fourth-order valence-electron chi connectivity index (χ4n) is 2.30. The van der Waals surface area contributed by atoms with Crippen molar-refractivity contribution in [3.05, 3.63) is 53.1 Å². The molecule has 3 heteroatoms. The van der Waals surface area contributed by atoms with Crippen molar-refractivity contribution in [2.75, 3.05) is 13.2 Å². The van der Waals surface area contributed by atoms with Crippen molar-refractivity contribution in [1.29, 1.82) is 0 Å². The minimum absolute atomic E-state index is 0.611. The van der Waals surface area contributed by atoms with E-state index in [1.165, 1.54) is 11.1 Å². The van der Waals surface area contributed by atoms with Gasteiger partial charge in [0.2, 0.25) is 0 Å². The van der Waals surface area contributed by atoms with Crippen molar-refractivity contribution < 1.29 is 9.47 Å². The van der Waals surface area contributed by atoms with Crippen molar-refractivity contribution in [3.8, 4) is 11.5 Å². The van der Waals surface area contributed by atoms with Crippen LogP contribution in [0, 0.1) is 13.8 Å². The summed E-state index contributed by atoms with van der Waals surface area (Å²) in [4.78, 5) is 4.59. The van der Waals surface area contributed by atoms with Crippen molar-refractivity contribution in [2.24, 2.45) is 4.99 Å². The molecule has 0 aliphatic carbocycles. The number of ether oxygens (including phenoxy) is 2. The van der Waals surface area contributed by atoms with Gasteiger partial charge in [0.25, 0.3) is 0 Å². The Kier molecular flexibility index (Phi) is 6.21. The Morgan fingerprint density at radius 3 is 2.48 bits per heavy atom. The SMILES string of the molecule is CCCOc1ccc(C=Nc2ccc(C)cc2C)cc1OCC. The first kappa shape index (κ1) is 17.1. The number of benzene rings is 2. The highest BCUT2D eigenvalue weighted by atomic mass is 16.5. The molecule has 0 atom stereocenters. The third-order valence-electron chi connectivity index (χ3n) is 3.43. The van der Waals surface area contributed by atoms with Gasteiger partial charge in [-0.2, -0.15) is 0 Å². The fourth-order valence-corrected chi connectivity index (χ4v) is 2.30. The van der Waals surface area contributed by atoms with Crippen molar-refractivity contribution in [3.63, 3.8) is 0 Å². The average molecular weight is 311 g/mol. The lowest BCUT2D eigenvalue weighted by Crippen LogP contribution is -2.00. The first-order valence-corrected chi connectivity index (χ1v) is 8.15. The van der Waals surface area contributed by atoms with Gasteiger partial charge in [0.05, 0.1) is 18.9 Å². The Morgan fingerprint density at radius 2 is 1.78 bits per heavy atom. The third-order valence-corrected chi connectivity index (χ3v) is 3.43. The minimum Gasteiger partial charge on any atom is -0.490 e. The van der Waals surface area contributed by atoms with Gasteiger partial charge in [0, 0.05) is 6.21 Å². The summed E-state index contributed by atoms with van der Waals surface area (Å²) in [7, 11) is 0.